The minimum atomic E-state index is -0.0268. The lowest BCUT2D eigenvalue weighted by Gasteiger charge is -2.16. The van der Waals surface area contributed by atoms with E-state index in [0.29, 0.717) is 18.7 Å². The first-order valence-corrected chi connectivity index (χ1v) is 11.6. The predicted octanol–water partition coefficient (Wildman–Crippen LogP) is 3.68. The third kappa shape index (κ3) is 4.60. The second-order valence-corrected chi connectivity index (χ2v) is 8.50. The summed E-state index contributed by atoms with van der Waals surface area (Å²) in [5, 5.41) is 40.9. The summed E-state index contributed by atoms with van der Waals surface area (Å²) in [7, 11) is 0. The van der Waals surface area contributed by atoms with Gasteiger partial charge >= 0.3 is 0 Å². The Morgan fingerprint density at radius 3 is 2.81 bits per heavy atom. The Kier molecular flexibility index (Phi) is 6.56. The third-order valence-corrected chi connectivity index (χ3v) is 6.22. The minimum absolute atomic E-state index is 0.0268. The standard InChI is InChI=1S/C28H25N7O/c29-8-7-25(32-15-19-3-1-18(14-30)2-4-19)22-11-24-23(13-27(31-9-10-36)28(24)33-16-22)20-5-6-21-17-34-35-26(21)12-20/h1-8,11-13,16-17,23,29,31-32,36H,9-10,15H2,(H,34,35)/b25-7-,29-8?. The molecular weight excluding hydrogens is 450 g/mol. The van der Waals surface area contributed by atoms with Crippen LogP contribution in [0.1, 0.15) is 39.4 Å². The van der Waals surface area contributed by atoms with Gasteiger partial charge in [0.2, 0.25) is 0 Å². The summed E-state index contributed by atoms with van der Waals surface area (Å²) < 4.78 is 0. The number of aliphatic hydroxyl groups excluding tert-OH is 1. The Hall–Kier alpha value is -4.74. The molecule has 8 nitrogen and oxygen atoms in total. The summed E-state index contributed by atoms with van der Waals surface area (Å²) in [6.07, 6.45) is 8.71. The molecule has 0 radical (unpaired) electrons. The lowest BCUT2D eigenvalue weighted by Crippen LogP contribution is -2.17. The number of pyridine rings is 1. The molecular formula is C28H25N7O. The number of aliphatic hydroxyl groups is 1. The third-order valence-electron chi connectivity index (χ3n) is 6.22. The van der Waals surface area contributed by atoms with Crippen LogP contribution in [0.3, 0.4) is 0 Å². The minimum Gasteiger partial charge on any atom is -0.395 e. The number of H-pyrrole nitrogens is 1. The van der Waals surface area contributed by atoms with Crippen molar-refractivity contribution < 1.29 is 5.11 Å². The Labute approximate surface area is 208 Å². The zero-order valence-corrected chi connectivity index (χ0v) is 19.5. The quantitative estimate of drug-likeness (QED) is 0.235. The molecule has 0 amide bonds. The van der Waals surface area contributed by atoms with Crippen LogP contribution in [-0.2, 0) is 6.54 Å². The van der Waals surface area contributed by atoms with Gasteiger partial charge in [-0.15, -0.1) is 0 Å². The summed E-state index contributed by atoms with van der Waals surface area (Å²) in [5.41, 5.74) is 8.16. The van der Waals surface area contributed by atoms with Crippen molar-refractivity contribution in [2.45, 2.75) is 12.5 Å². The molecule has 4 aromatic rings. The van der Waals surface area contributed by atoms with Crippen LogP contribution in [0.25, 0.3) is 22.3 Å². The highest BCUT2D eigenvalue weighted by atomic mass is 16.3. The van der Waals surface area contributed by atoms with Crippen molar-refractivity contribution in [3.05, 3.63) is 107 Å². The molecule has 5 rings (SSSR count). The number of rotatable bonds is 9. The number of fused-ring (bicyclic) bond motifs is 2. The van der Waals surface area contributed by atoms with Gasteiger partial charge in [-0.25, -0.2) is 0 Å². The van der Waals surface area contributed by atoms with Crippen LogP contribution in [0, 0.1) is 16.7 Å². The monoisotopic (exact) mass is 475 g/mol. The molecule has 0 spiro atoms. The molecule has 2 heterocycles. The van der Waals surface area contributed by atoms with Crippen LogP contribution in [0.2, 0.25) is 0 Å². The Balaban J connectivity index is 1.47. The number of hydrogen-bond donors (Lipinski definition) is 5. The van der Waals surface area contributed by atoms with Gasteiger partial charge in [-0.05, 0) is 53.1 Å². The highest BCUT2D eigenvalue weighted by molar-refractivity contribution is 5.84. The van der Waals surface area contributed by atoms with Crippen LogP contribution in [0.4, 0.5) is 0 Å². The largest absolute Gasteiger partial charge is 0.395 e. The van der Waals surface area contributed by atoms with Crippen molar-refractivity contribution in [3.8, 4) is 6.07 Å². The first kappa shape index (κ1) is 23.0. The van der Waals surface area contributed by atoms with Gasteiger partial charge in [0.1, 0.15) is 0 Å². The van der Waals surface area contributed by atoms with E-state index in [-0.39, 0.29) is 12.5 Å². The van der Waals surface area contributed by atoms with Crippen molar-refractivity contribution in [1.29, 1.82) is 10.7 Å². The van der Waals surface area contributed by atoms with E-state index in [1.165, 1.54) is 6.21 Å². The molecule has 2 aromatic heterocycles. The number of allylic oxidation sites excluding steroid dienone is 2. The Morgan fingerprint density at radius 2 is 2.03 bits per heavy atom. The summed E-state index contributed by atoms with van der Waals surface area (Å²) in [6, 6.07) is 17.9. The van der Waals surface area contributed by atoms with E-state index in [1.54, 1.807) is 30.6 Å². The number of aromatic amines is 1. The van der Waals surface area contributed by atoms with Crippen LogP contribution < -0.4 is 10.6 Å². The molecule has 0 fully saturated rings. The van der Waals surface area contributed by atoms with E-state index in [1.807, 2.05) is 12.1 Å². The highest BCUT2D eigenvalue weighted by Gasteiger charge is 2.27. The number of nitrogens with zero attached hydrogens (tertiary/aromatic N) is 3. The molecule has 1 aliphatic rings. The topological polar surface area (TPSA) is 134 Å². The van der Waals surface area contributed by atoms with Crippen LogP contribution in [-0.4, -0.2) is 39.7 Å². The number of nitrogens with one attached hydrogen (secondary N) is 4. The summed E-state index contributed by atoms with van der Waals surface area (Å²) in [6.45, 7) is 1.01. The van der Waals surface area contributed by atoms with Gasteiger partial charge in [0.05, 0.1) is 41.3 Å². The zero-order valence-electron chi connectivity index (χ0n) is 19.5. The zero-order chi connectivity index (χ0) is 24.9. The average molecular weight is 476 g/mol. The fraction of sp³-hybridized carbons (Fsp3) is 0.143. The van der Waals surface area contributed by atoms with Crippen molar-refractivity contribution in [1.82, 2.24) is 25.8 Å². The molecule has 0 saturated carbocycles. The second kappa shape index (κ2) is 10.3. The smallest absolute Gasteiger partial charge is 0.0991 e. The number of hydrogen-bond acceptors (Lipinski definition) is 7. The molecule has 0 aliphatic heterocycles. The van der Waals surface area contributed by atoms with Gasteiger partial charge < -0.3 is 21.1 Å². The SMILES string of the molecule is N#Cc1ccc(CN/C(=C\C=N)c2cnc3c(c2)C(c2ccc4cn[nH]c4c2)C=C3NCCO)cc1. The summed E-state index contributed by atoms with van der Waals surface area (Å²) in [4.78, 5) is 4.78. The molecule has 5 N–H and O–H groups in total. The van der Waals surface area contributed by atoms with Crippen molar-refractivity contribution in [2.75, 3.05) is 13.2 Å². The Bertz CT molecular complexity index is 1510. The maximum Gasteiger partial charge on any atom is 0.0991 e. The maximum absolute atomic E-state index is 9.34. The predicted molar refractivity (Wildman–Crippen MR) is 140 cm³/mol. The lowest BCUT2D eigenvalue weighted by molar-refractivity contribution is 0.299. The highest BCUT2D eigenvalue weighted by Crippen LogP contribution is 2.39. The van der Waals surface area contributed by atoms with Crippen LogP contribution in [0.15, 0.2) is 73.1 Å². The summed E-state index contributed by atoms with van der Waals surface area (Å²) in [5.74, 6) is -0.0268. The van der Waals surface area contributed by atoms with Gasteiger partial charge in [-0.2, -0.15) is 10.4 Å². The van der Waals surface area contributed by atoms with Crippen molar-refractivity contribution >= 4 is 28.5 Å². The van der Waals surface area contributed by atoms with Crippen molar-refractivity contribution in [3.63, 3.8) is 0 Å². The van der Waals surface area contributed by atoms with Crippen molar-refractivity contribution in [2.24, 2.45) is 0 Å². The maximum atomic E-state index is 9.34. The van der Waals surface area contributed by atoms with E-state index in [2.05, 4.69) is 57.2 Å². The second-order valence-electron chi connectivity index (χ2n) is 8.50. The first-order valence-electron chi connectivity index (χ1n) is 11.6. The molecule has 0 saturated heterocycles. The van der Waals surface area contributed by atoms with Crippen LogP contribution >= 0.6 is 0 Å². The van der Waals surface area contributed by atoms with E-state index in [4.69, 9.17) is 15.7 Å². The molecule has 8 heteroatoms. The van der Waals surface area contributed by atoms with E-state index < -0.39 is 0 Å². The lowest BCUT2D eigenvalue weighted by atomic mass is 9.92. The van der Waals surface area contributed by atoms with Gasteiger partial charge in [0.25, 0.3) is 0 Å². The average Bonchev–Trinajstić information content (AvgIpc) is 3.54. The molecule has 36 heavy (non-hydrogen) atoms. The molecule has 2 aromatic carbocycles. The Morgan fingerprint density at radius 1 is 1.17 bits per heavy atom. The van der Waals surface area contributed by atoms with E-state index in [9.17, 15) is 5.11 Å². The molecule has 1 aliphatic carbocycles. The normalized spacial score (nSPS) is 14.7. The molecule has 1 atom stereocenters. The molecule has 178 valence electrons. The van der Waals surface area contributed by atoms with E-state index >= 15 is 0 Å². The first-order chi connectivity index (χ1) is 17.7. The number of nitriles is 1. The fourth-order valence-corrected chi connectivity index (χ4v) is 4.42. The van der Waals surface area contributed by atoms with Crippen LogP contribution in [0.5, 0.6) is 0 Å². The van der Waals surface area contributed by atoms with Gasteiger partial charge in [0, 0.05) is 48.1 Å². The molecule has 1 unspecified atom stereocenters. The van der Waals surface area contributed by atoms with E-state index in [0.717, 1.165) is 50.2 Å². The fourth-order valence-electron chi connectivity index (χ4n) is 4.42. The number of aromatic nitrogens is 3. The summed E-state index contributed by atoms with van der Waals surface area (Å²) >= 11 is 0. The van der Waals surface area contributed by atoms with Gasteiger partial charge in [-0.3, -0.25) is 10.1 Å². The van der Waals surface area contributed by atoms with Gasteiger partial charge in [0.15, 0.2) is 0 Å². The van der Waals surface area contributed by atoms with Gasteiger partial charge in [-0.1, -0.05) is 24.3 Å². The number of benzene rings is 2. The molecule has 0 bridgehead atoms.